The van der Waals surface area contributed by atoms with Crippen LogP contribution in [0.5, 0.6) is 0 Å². The number of aromatic nitrogens is 2. The highest BCUT2D eigenvalue weighted by Gasteiger charge is 2.46. The number of rotatable bonds is 3. The number of benzene rings is 1. The van der Waals surface area contributed by atoms with Crippen LogP contribution in [0.15, 0.2) is 16.9 Å². The maximum absolute atomic E-state index is 14.9. The Morgan fingerprint density at radius 2 is 2.11 bits per heavy atom. The van der Waals surface area contributed by atoms with E-state index in [1.807, 2.05) is 0 Å². The SMILES string of the molecule is CC[C@@]1(O)C(=O)OCc2c1cc1n(c2=O)Cc2c-1nc1cc(F)c(C)c3c1c2C(NC(=O)CN)CC3. The number of fused-ring (bicyclic) bond motifs is 5. The van der Waals surface area contributed by atoms with Crippen molar-refractivity contribution in [1.29, 1.82) is 0 Å². The number of hydrogen-bond donors (Lipinski definition) is 3. The lowest BCUT2D eigenvalue weighted by Gasteiger charge is -2.31. The maximum Gasteiger partial charge on any atom is 0.343 e. The Hall–Kier alpha value is -3.63. The summed E-state index contributed by atoms with van der Waals surface area (Å²) >= 11 is 0. The average molecular weight is 493 g/mol. The van der Waals surface area contributed by atoms with Gasteiger partial charge in [0.15, 0.2) is 5.60 Å². The zero-order valence-corrected chi connectivity index (χ0v) is 19.9. The summed E-state index contributed by atoms with van der Waals surface area (Å²) in [5.41, 5.74) is 7.96. The molecule has 3 aromatic rings. The standard InChI is InChI=1S/C26H25FN4O5/c1-3-26(35)15-6-19-23-13(9-31(19)24(33)14(15)10-36-25(26)34)22-17(29-20(32)8-28)5-4-12-11(2)16(27)7-18(30-23)21(12)22/h6-7,17,35H,3-5,8-10,28H2,1-2H3,(H,29,32)/t17?,26-/m0/s1. The van der Waals surface area contributed by atoms with Crippen molar-refractivity contribution < 1.29 is 23.8 Å². The van der Waals surface area contributed by atoms with Crippen molar-refractivity contribution >= 4 is 22.8 Å². The number of hydrogen-bond acceptors (Lipinski definition) is 7. The first kappa shape index (κ1) is 22.8. The van der Waals surface area contributed by atoms with Crippen molar-refractivity contribution in [3.63, 3.8) is 0 Å². The van der Waals surface area contributed by atoms with E-state index >= 15 is 0 Å². The third-order valence-corrected chi connectivity index (χ3v) is 7.90. The predicted octanol–water partition coefficient (Wildman–Crippen LogP) is 1.59. The van der Waals surface area contributed by atoms with Crippen LogP contribution in [0.3, 0.4) is 0 Å². The number of nitrogens with one attached hydrogen (secondary N) is 1. The molecule has 186 valence electrons. The molecule has 2 aromatic heterocycles. The lowest BCUT2D eigenvalue weighted by Crippen LogP contribution is -2.44. The van der Waals surface area contributed by atoms with Gasteiger partial charge in [0.25, 0.3) is 5.56 Å². The van der Waals surface area contributed by atoms with Gasteiger partial charge in [-0.05, 0) is 48.9 Å². The van der Waals surface area contributed by atoms with Crippen LogP contribution < -0.4 is 16.6 Å². The Bertz CT molecular complexity index is 1580. The molecule has 1 unspecified atom stereocenters. The van der Waals surface area contributed by atoms with E-state index in [2.05, 4.69) is 5.32 Å². The second-order valence-corrected chi connectivity index (χ2v) is 9.67. The quantitative estimate of drug-likeness (QED) is 0.370. The van der Waals surface area contributed by atoms with Crippen LogP contribution in [0, 0.1) is 12.7 Å². The molecular formula is C26H25FN4O5. The number of esters is 1. The summed E-state index contributed by atoms with van der Waals surface area (Å²) in [6.07, 6.45) is 1.15. The molecule has 1 aliphatic carbocycles. The van der Waals surface area contributed by atoms with E-state index in [1.165, 1.54) is 6.07 Å². The fourth-order valence-electron chi connectivity index (χ4n) is 5.95. The van der Waals surface area contributed by atoms with Crippen LogP contribution in [-0.2, 0) is 39.5 Å². The van der Waals surface area contributed by atoms with Gasteiger partial charge in [-0.1, -0.05) is 6.92 Å². The fourth-order valence-corrected chi connectivity index (χ4v) is 5.95. The first-order valence-electron chi connectivity index (χ1n) is 12.0. The number of aryl methyl sites for hydroxylation is 1. The van der Waals surface area contributed by atoms with Gasteiger partial charge in [0.2, 0.25) is 5.91 Å². The van der Waals surface area contributed by atoms with Gasteiger partial charge in [0.1, 0.15) is 12.4 Å². The van der Waals surface area contributed by atoms with Crippen molar-refractivity contribution in [2.75, 3.05) is 6.54 Å². The molecule has 4 heterocycles. The van der Waals surface area contributed by atoms with E-state index in [0.717, 1.165) is 22.1 Å². The zero-order chi connectivity index (χ0) is 25.5. The molecule has 1 amide bonds. The highest BCUT2D eigenvalue weighted by Crippen LogP contribution is 2.45. The highest BCUT2D eigenvalue weighted by molar-refractivity contribution is 5.94. The molecule has 4 N–H and O–H groups in total. The highest BCUT2D eigenvalue weighted by atomic mass is 19.1. The van der Waals surface area contributed by atoms with Gasteiger partial charge < -0.3 is 25.5 Å². The number of carbonyl (C=O) groups excluding carboxylic acids is 2. The minimum absolute atomic E-state index is 0.0338. The van der Waals surface area contributed by atoms with Crippen LogP contribution in [0.2, 0.25) is 0 Å². The van der Waals surface area contributed by atoms with Crippen LogP contribution in [0.1, 0.15) is 59.2 Å². The third-order valence-electron chi connectivity index (χ3n) is 7.90. The van der Waals surface area contributed by atoms with Crippen molar-refractivity contribution in [3.8, 4) is 11.4 Å². The van der Waals surface area contributed by atoms with E-state index in [0.29, 0.717) is 35.3 Å². The van der Waals surface area contributed by atoms with Gasteiger partial charge in [-0.3, -0.25) is 9.59 Å². The molecule has 0 fully saturated rings. The first-order chi connectivity index (χ1) is 17.2. The third kappa shape index (κ3) is 2.88. The number of nitrogens with zero attached hydrogens (tertiary/aromatic N) is 2. The lowest BCUT2D eigenvalue weighted by molar-refractivity contribution is -0.172. The Labute approximate surface area is 205 Å². The minimum atomic E-state index is -1.94. The van der Waals surface area contributed by atoms with Crippen LogP contribution in [0.25, 0.3) is 22.3 Å². The largest absolute Gasteiger partial charge is 0.458 e. The number of carbonyl (C=O) groups is 2. The van der Waals surface area contributed by atoms with Crippen LogP contribution >= 0.6 is 0 Å². The Morgan fingerprint density at radius 1 is 1.33 bits per heavy atom. The molecule has 0 radical (unpaired) electrons. The molecule has 0 saturated carbocycles. The molecule has 36 heavy (non-hydrogen) atoms. The van der Waals surface area contributed by atoms with E-state index in [9.17, 15) is 23.9 Å². The fraction of sp³-hybridized carbons (Fsp3) is 0.385. The molecule has 0 bridgehead atoms. The number of aliphatic hydroxyl groups is 1. The molecule has 0 saturated heterocycles. The van der Waals surface area contributed by atoms with Crippen LogP contribution in [0.4, 0.5) is 4.39 Å². The number of amides is 1. The summed E-state index contributed by atoms with van der Waals surface area (Å²) < 4.78 is 21.6. The van der Waals surface area contributed by atoms with Crippen molar-refractivity contribution in [3.05, 3.63) is 61.7 Å². The Kier molecular flexibility index (Phi) is 4.87. The number of cyclic esters (lactones) is 1. The summed E-state index contributed by atoms with van der Waals surface area (Å²) in [4.78, 5) is 43.1. The smallest absolute Gasteiger partial charge is 0.343 e. The van der Waals surface area contributed by atoms with Crippen molar-refractivity contribution in [1.82, 2.24) is 14.9 Å². The summed E-state index contributed by atoms with van der Waals surface area (Å²) in [5.74, 6) is -1.48. The molecule has 6 rings (SSSR count). The summed E-state index contributed by atoms with van der Waals surface area (Å²) in [7, 11) is 0. The van der Waals surface area contributed by atoms with Gasteiger partial charge in [-0.15, -0.1) is 0 Å². The Morgan fingerprint density at radius 3 is 2.83 bits per heavy atom. The van der Waals surface area contributed by atoms with E-state index in [4.69, 9.17) is 15.5 Å². The van der Waals surface area contributed by atoms with Gasteiger partial charge in [0, 0.05) is 22.6 Å². The van der Waals surface area contributed by atoms with E-state index in [-0.39, 0.29) is 60.6 Å². The normalized spacial score (nSPS) is 21.6. The van der Waals surface area contributed by atoms with Gasteiger partial charge in [-0.2, -0.15) is 0 Å². The Balaban J connectivity index is 1.66. The minimum Gasteiger partial charge on any atom is -0.458 e. The van der Waals surface area contributed by atoms with Crippen molar-refractivity contribution in [2.24, 2.45) is 5.73 Å². The maximum atomic E-state index is 14.9. The molecule has 2 atom stereocenters. The molecule has 3 aliphatic rings. The molecule has 2 aliphatic heterocycles. The summed E-state index contributed by atoms with van der Waals surface area (Å²) in [6.45, 7) is 3.17. The second-order valence-electron chi connectivity index (χ2n) is 9.67. The first-order valence-corrected chi connectivity index (χ1v) is 12.0. The number of halogens is 1. The molecule has 0 spiro atoms. The van der Waals surface area contributed by atoms with Crippen molar-refractivity contribution in [2.45, 2.75) is 57.9 Å². The van der Waals surface area contributed by atoms with Gasteiger partial charge >= 0.3 is 5.97 Å². The molecule has 9 nitrogen and oxygen atoms in total. The van der Waals surface area contributed by atoms with Crippen LogP contribution in [-0.4, -0.2) is 33.1 Å². The number of pyridine rings is 2. The predicted molar refractivity (Wildman–Crippen MR) is 127 cm³/mol. The topological polar surface area (TPSA) is 137 Å². The monoisotopic (exact) mass is 492 g/mol. The summed E-state index contributed by atoms with van der Waals surface area (Å²) in [5, 5.41) is 14.9. The van der Waals surface area contributed by atoms with Gasteiger partial charge in [-0.25, -0.2) is 14.2 Å². The summed E-state index contributed by atoms with van der Waals surface area (Å²) in [6, 6.07) is 2.62. The number of nitrogens with two attached hydrogens (primary N) is 1. The van der Waals surface area contributed by atoms with E-state index in [1.54, 1.807) is 24.5 Å². The second kappa shape index (κ2) is 7.68. The van der Waals surface area contributed by atoms with E-state index < -0.39 is 11.6 Å². The average Bonchev–Trinajstić information content (AvgIpc) is 3.24. The number of ether oxygens (including phenoxy) is 1. The van der Waals surface area contributed by atoms with Gasteiger partial charge in [0.05, 0.1) is 41.6 Å². The zero-order valence-electron chi connectivity index (χ0n) is 19.9. The molecular weight excluding hydrogens is 467 g/mol. The lowest BCUT2D eigenvalue weighted by atomic mass is 9.81. The molecule has 10 heteroatoms. The molecule has 1 aromatic carbocycles.